The first-order valence-electron chi connectivity index (χ1n) is 9.54. The van der Waals surface area contributed by atoms with Crippen LogP contribution >= 0.6 is 0 Å². The normalized spacial score (nSPS) is 32.6. The Hall–Kier alpha value is -1.49. The minimum Gasteiger partial charge on any atom is -0.368 e. The van der Waals surface area contributed by atoms with Crippen LogP contribution in [0.4, 0.5) is 0 Å². The highest BCUT2D eigenvalue weighted by atomic mass is 16.5. The van der Waals surface area contributed by atoms with Crippen LogP contribution in [-0.2, 0) is 19.1 Å². The molecule has 25 heavy (non-hydrogen) atoms. The van der Waals surface area contributed by atoms with Gasteiger partial charge in [0.05, 0.1) is 17.9 Å². The van der Waals surface area contributed by atoms with Crippen molar-refractivity contribution in [3.63, 3.8) is 0 Å². The fraction of sp³-hybridized carbons (Fsp3) is 0.750. The second-order valence-corrected chi connectivity index (χ2v) is 8.12. The smallest absolute Gasteiger partial charge is 0.233 e. The quantitative estimate of drug-likeness (QED) is 0.500. The predicted octanol–water partition coefficient (Wildman–Crippen LogP) is 2.59. The van der Waals surface area contributed by atoms with Crippen LogP contribution in [0.15, 0.2) is 12.2 Å². The molecular formula is C20H29NO4. The molecule has 2 amide bonds. The first kappa shape index (κ1) is 18.3. The fourth-order valence-electron chi connectivity index (χ4n) is 4.67. The first-order chi connectivity index (χ1) is 11.8. The van der Waals surface area contributed by atoms with Gasteiger partial charge < -0.3 is 4.74 Å². The van der Waals surface area contributed by atoms with Gasteiger partial charge in [0.25, 0.3) is 0 Å². The number of Topliss-reactive ketones (excluding diaryl/α,β-unsaturated/α-hetero) is 1. The van der Waals surface area contributed by atoms with E-state index in [0.29, 0.717) is 13.0 Å². The molecule has 5 heteroatoms. The van der Waals surface area contributed by atoms with Crippen LogP contribution < -0.4 is 0 Å². The van der Waals surface area contributed by atoms with Crippen molar-refractivity contribution in [3.05, 3.63) is 12.2 Å². The zero-order chi connectivity index (χ0) is 18.3. The van der Waals surface area contributed by atoms with Crippen LogP contribution in [0.2, 0.25) is 0 Å². The van der Waals surface area contributed by atoms with Crippen molar-refractivity contribution in [2.24, 2.45) is 29.6 Å². The molecule has 2 aliphatic carbocycles. The zero-order valence-electron chi connectivity index (χ0n) is 15.6. The number of allylic oxidation sites excluding steroid dienone is 2. The molecule has 0 aromatic heterocycles. The number of ketones is 1. The van der Waals surface area contributed by atoms with Gasteiger partial charge in [-0.2, -0.15) is 0 Å². The number of carbonyl (C=O) groups is 3. The summed E-state index contributed by atoms with van der Waals surface area (Å²) < 4.78 is 5.76. The number of nitrogens with zero attached hydrogens (tertiary/aromatic N) is 1. The topological polar surface area (TPSA) is 63.7 Å². The lowest BCUT2D eigenvalue weighted by atomic mass is 9.85. The molecule has 0 spiro atoms. The number of hydrogen-bond donors (Lipinski definition) is 0. The standard InChI is InChI=1S/C20H29NO4/c1-11(2)18(22)13(4)25-12(3)6-5-9-21-19(23)16-14-7-8-15(10-14)17(16)20(21)24/h7-8,11-17H,5-6,9-10H2,1-4H3/t12?,13?,14?,15?,16-,17+. The van der Waals surface area contributed by atoms with E-state index in [1.165, 1.54) is 4.90 Å². The largest absolute Gasteiger partial charge is 0.368 e. The number of rotatable bonds is 8. The Morgan fingerprint density at radius 2 is 1.68 bits per heavy atom. The summed E-state index contributed by atoms with van der Waals surface area (Å²) in [7, 11) is 0. The van der Waals surface area contributed by atoms with Crippen molar-refractivity contribution >= 4 is 17.6 Å². The Kier molecular flexibility index (Phi) is 5.14. The van der Waals surface area contributed by atoms with E-state index in [2.05, 4.69) is 12.2 Å². The van der Waals surface area contributed by atoms with Crippen molar-refractivity contribution in [2.75, 3.05) is 6.54 Å². The molecule has 3 rings (SSSR count). The maximum atomic E-state index is 12.6. The van der Waals surface area contributed by atoms with E-state index in [4.69, 9.17) is 4.74 Å². The molecule has 0 radical (unpaired) electrons. The van der Waals surface area contributed by atoms with E-state index >= 15 is 0 Å². The maximum Gasteiger partial charge on any atom is 0.233 e. The Labute approximate surface area is 149 Å². The van der Waals surface area contributed by atoms with E-state index in [1.807, 2.05) is 20.8 Å². The summed E-state index contributed by atoms with van der Waals surface area (Å²) in [6.45, 7) is 7.93. The van der Waals surface area contributed by atoms with Crippen LogP contribution in [0.25, 0.3) is 0 Å². The lowest BCUT2D eigenvalue weighted by molar-refractivity contribution is -0.140. The second kappa shape index (κ2) is 7.02. The molecule has 2 fully saturated rings. The van der Waals surface area contributed by atoms with Crippen LogP contribution in [-0.4, -0.2) is 41.3 Å². The molecule has 0 N–H and O–H groups in total. The molecule has 0 aromatic rings. The molecule has 1 heterocycles. The molecule has 4 unspecified atom stereocenters. The summed E-state index contributed by atoms with van der Waals surface area (Å²) in [6.07, 6.45) is 6.16. The summed E-state index contributed by atoms with van der Waals surface area (Å²) in [4.78, 5) is 38.6. The van der Waals surface area contributed by atoms with Gasteiger partial charge in [-0.25, -0.2) is 0 Å². The number of carbonyl (C=O) groups excluding carboxylic acids is 3. The van der Waals surface area contributed by atoms with E-state index < -0.39 is 6.10 Å². The molecule has 2 bridgehead atoms. The number of ether oxygens (including phenoxy) is 1. The summed E-state index contributed by atoms with van der Waals surface area (Å²) in [5, 5.41) is 0. The van der Waals surface area contributed by atoms with Crippen LogP contribution in [0.3, 0.4) is 0 Å². The molecule has 6 atom stereocenters. The Morgan fingerprint density at radius 1 is 1.12 bits per heavy atom. The number of amides is 2. The van der Waals surface area contributed by atoms with Crippen LogP contribution in [0.5, 0.6) is 0 Å². The third kappa shape index (κ3) is 3.31. The second-order valence-electron chi connectivity index (χ2n) is 8.12. The van der Waals surface area contributed by atoms with Gasteiger partial charge in [-0.1, -0.05) is 26.0 Å². The Morgan fingerprint density at radius 3 is 2.20 bits per heavy atom. The van der Waals surface area contributed by atoms with Crippen molar-refractivity contribution in [1.29, 1.82) is 0 Å². The number of imide groups is 1. The third-order valence-electron chi connectivity index (χ3n) is 5.96. The highest BCUT2D eigenvalue weighted by Crippen LogP contribution is 2.52. The van der Waals surface area contributed by atoms with Crippen molar-refractivity contribution in [2.45, 2.75) is 59.2 Å². The maximum absolute atomic E-state index is 12.6. The molecule has 1 aliphatic heterocycles. The van der Waals surface area contributed by atoms with Gasteiger partial charge in [0.15, 0.2) is 5.78 Å². The van der Waals surface area contributed by atoms with E-state index in [9.17, 15) is 14.4 Å². The summed E-state index contributed by atoms with van der Waals surface area (Å²) >= 11 is 0. The summed E-state index contributed by atoms with van der Waals surface area (Å²) in [6, 6.07) is 0. The summed E-state index contributed by atoms with van der Waals surface area (Å²) in [5.41, 5.74) is 0. The lowest BCUT2D eigenvalue weighted by Gasteiger charge is -2.21. The van der Waals surface area contributed by atoms with Crippen molar-refractivity contribution < 1.29 is 19.1 Å². The van der Waals surface area contributed by atoms with Crippen LogP contribution in [0.1, 0.15) is 47.0 Å². The molecule has 1 saturated heterocycles. The van der Waals surface area contributed by atoms with Crippen LogP contribution in [0, 0.1) is 29.6 Å². The Balaban J connectivity index is 1.46. The van der Waals surface area contributed by atoms with Gasteiger partial charge in [-0.15, -0.1) is 0 Å². The molecule has 0 aromatic carbocycles. The van der Waals surface area contributed by atoms with E-state index in [1.54, 1.807) is 6.92 Å². The SMILES string of the molecule is CC(CCCN1C(=O)[C@@H]2C3C=CC(C3)[C@@H]2C1=O)OC(C)C(=O)C(C)C. The highest BCUT2D eigenvalue weighted by molar-refractivity contribution is 6.06. The lowest BCUT2D eigenvalue weighted by Crippen LogP contribution is -2.34. The van der Waals surface area contributed by atoms with Gasteiger partial charge in [-0.05, 0) is 44.9 Å². The molecule has 138 valence electrons. The third-order valence-corrected chi connectivity index (χ3v) is 5.96. The first-order valence-corrected chi connectivity index (χ1v) is 9.54. The molecular weight excluding hydrogens is 318 g/mol. The number of fused-ring (bicyclic) bond motifs is 5. The average molecular weight is 347 g/mol. The minimum atomic E-state index is -0.411. The Bertz CT molecular complexity index is 567. The van der Waals surface area contributed by atoms with Gasteiger partial charge in [0.1, 0.15) is 6.10 Å². The fourth-order valence-corrected chi connectivity index (χ4v) is 4.67. The zero-order valence-corrected chi connectivity index (χ0v) is 15.6. The van der Waals surface area contributed by atoms with Gasteiger partial charge >= 0.3 is 0 Å². The van der Waals surface area contributed by atoms with Gasteiger partial charge in [0.2, 0.25) is 11.8 Å². The summed E-state index contributed by atoms with van der Waals surface area (Å²) in [5.74, 6) is 0.411. The monoisotopic (exact) mass is 347 g/mol. The van der Waals surface area contributed by atoms with Crippen molar-refractivity contribution in [1.82, 2.24) is 4.90 Å². The molecule has 1 saturated carbocycles. The van der Waals surface area contributed by atoms with Crippen molar-refractivity contribution in [3.8, 4) is 0 Å². The van der Waals surface area contributed by atoms with Gasteiger partial charge in [-0.3, -0.25) is 19.3 Å². The predicted molar refractivity (Wildman–Crippen MR) is 93.5 cm³/mol. The molecule has 3 aliphatic rings. The van der Waals surface area contributed by atoms with Gasteiger partial charge in [0, 0.05) is 12.5 Å². The van der Waals surface area contributed by atoms with E-state index in [0.717, 1.165) is 12.8 Å². The number of hydrogen-bond acceptors (Lipinski definition) is 4. The average Bonchev–Trinajstić information content (AvgIpc) is 3.23. The minimum absolute atomic E-state index is 0.0174. The highest BCUT2D eigenvalue weighted by Gasteiger charge is 2.58. The number of likely N-dealkylation sites (tertiary alicyclic amines) is 1. The molecule has 5 nitrogen and oxygen atoms in total. The van der Waals surface area contributed by atoms with E-state index in [-0.39, 0.29) is 53.3 Å².